The lowest BCUT2D eigenvalue weighted by molar-refractivity contribution is -0.108. The summed E-state index contributed by atoms with van der Waals surface area (Å²) < 4.78 is 0. The van der Waals surface area contributed by atoms with Gasteiger partial charge in [0.05, 0.1) is 6.04 Å². The predicted octanol–water partition coefficient (Wildman–Crippen LogP) is 2.86. The van der Waals surface area contributed by atoms with Crippen molar-refractivity contribution in [2.24, 2.45) is 5.73 Å². The molecule has 2 N–H and O–H groups in total. The molecule has 0 aromatic heterocycles. The van der Waals surface area contributed by atoms with Gasteiger partial charge in [-0.2, -0.15) is 0 Å². The maximum Gasteiger partial charge on any atom is 0.137 e. The molecule has 84 valence electrons. The topological polar surface area (TPSA) is 43.1 Å². The van der Waals surface area contributed by atoms with Crippen LogP contribution in [0.4, 0.5) is 0 Å². The normalized spacial score (nSPS) is 12.7. The molecule has 14 heavy (non-hydrogen) atoms. The van der Waals surface area contributed by atoms with Crippen LogP contribution in [-0.4, -0.2) is 23.8 Å². The Bertz CT molecular complexity index is 133. The van der Waals surface area contributed by atoms with E-state index in [1.54, 1.807) is 10.8 Å². The fraction of sp³-hybridized carbons (Fsp3) is 0.900. The Morgan fingerprint density at radius 1 is 1.21 bits per heavy atom. The van der Waals surface area contributed by atoms with Gasteiger partial charge >= 0.3 is 0 Å². The van der Waals surface area contributed by atoms with E-state index in [1.165, 1.54) is 37.9 Å². The van der Waals surface area contributed by atoms with Gasteiger partial charge in [-0.1, -0.05) is 54.2 Å². The van der Waals surface area contributed by atoms with Crippen molar-refractivity contribution >= 4 is 27.9 Å². The lowest BCUT2D eigenvalue weighted by Crippen LogP contribution is -2.23. The first-order valence-electron chi connectivity index (χ1n) is 5.26. The Labute approximate surface area is 95.2 Å². The highest BCUT2D eigenvalue weighted by Gasteiger charge is 1.99. The lowest BCUT2D eigenvalue weighted by atomic mass is 10.2. The van der Waals surface area contributed by atoms with E-state index in [9.17, 15) is 4.79 Å². The van der Waals surface area contributed by atoms with Crippen molar-refractivity contribution in [3.05, 3.63) is 0 Å². The standard InChI is InChI=1S/C10H21NOS2/c1-2-3-4-5-6-7-13-14-9-10(11)8-12/h8,10H,2-7,9,11H2,1H3. The highest BCUT2D eigenvalue weighted by molar-refractivity contribution is 8.76. The molecule has 0 radical (unpaired) electrons. The van der Waals surface area contributed by atoms with Gasteiger partial charge in [-0.05, 0) is 6.42 Å². The molecule has 0 aliphatic carbocycles. The number of carbonyl (C=O) groups is 1. The molecule has 0 aliphatic heterocycles. The fourth-order valence-corrected chi connectivity index (χ4v) is 3.23. The van der Waals surface area contributed by atoms with E-state index in [1.807, 2.05) is 10.8 Å². The van der Waals surface area contributed by atoms with Gasteiger partial charge in [-0.3, -0.25) is 0 Å². The molecular weight excluding hydrogens is 214 g/mol. The highest BCUT2D eigenvalue weighted by atomic mass is 33.1. The van der Waals surface area contributed by atoms with Crippen molar-refractivity contribution in [3.63, 3.8) is 0 Å². The number of hydrogen-bond donors (Lipinski definition) is 1. The number of hydrogen-bond acceptors (Lipinski definition) is 4. The van der Waals surface area contributed by atoms with Crippen molar-refractivity contribution < 1.29 is 4.79 Å². The zero-order valence-corrected chi connectivity index (χ0v) is 10.5. The van der Waals surface area contributed by atoms with E-state index in [0.717, 1.165) is 12.0 Å². The summed E-state index contributed by atoms with van der Waals surface area (Å²) in [5, 5.41) is 0. The molecule has 0 rings (SSSR count). The van der Waals surface area contributed by atoms with E-state index >= 15 is 0 Å². The number of rotatable bonds is 10. The van der Waals surface area contributed by atoms with Crippen LogP contribution in [-0.2, 0) is 4.79 Å². The van der Waals surface area contributed by atoms with Gasteiger partial charge < -0.3 is 10.5 Å². The first-order chi connectivity index (χ1) is 6.81. The summed E-state index contributed by atoms with van der Waals surface area (Å²) >= 11 is 0. The smallest absolute Gasteiger partial charge is 0.137 e. The first-order valence-corrected chi connectivity index (χ1v) is 7.75. The molecule has 4 heteroatoms. The molecule has 0 aromatic rings. The van der Waals surface area contributed by atoms with E-state index in [0.29, 0.717) is 0 Å². The third kappa shape index (κ3) is 10.4. The molecule has 1 unspecified atom stereocenters. The van der Waals surface area contributed by atoms with Crippen molar-refractivity contribution in [1.29, 1.82) is 0 Å². The molecule has 0 aromatic carbocycles. The number of unbranched alkanes of at least 4 members (excludes halogenated alkanes) is 4. The largest absolute Gasteiger partial charge is 0.321 e. The quantitative estimate of drug-likeness (QED) is 0.359. The molecule has 0 fully saturated rings. The average molecular weight is 235 g/mol. The SMILES string of the molecule is CCCCCCCSSCC(N)C=O. The molecule has 1 atom stereocenters. The molecule has 0 amide bonds. The molecule has 0 bridgehead atoms. The van der Waals surface area contributed by atoms with E-state index < -0.39 is 0 Å². The average Bonchev–Trinajstić information content (AvgIpc) is 2.21. The van der Waals surface area contributed by atoms with Crippen LogP contribution in [0.5, 0.6) is 0 Å². The van der Waals surface area contributed by atoms with Gasteiger partial charge in [0.1, 0.15) is 6.29 Å². The van der Waals surface area contributed by atoms with E-state index in [2.05, 4.69) is 6.92 Å². The van der Waals surface area contributed by atoms with Crippen molar-refractivity contribution in [2.75, 3.05) is 11.5 Å². The summed E-state index contributed by atoms with van der Waals surface area (Å²) in [5.41, 5.74) is 5.45. The van der Waals surface area contributed by atoms with E-state index in [4.69, 9.17) is 5.73 Å². The zero-order valence-electron chi connectivity index (χ0n) is 8.91. The van der Waals surface area contributed by atoms with Crippen LogP contribution < -0.4 is 5.73 Å². The summed E-state index contributed by atoms with van der Waals surface area (Å²) in [6, 6.07) is -0.285. The van der Waals surface area contributed by atoms with Crippen molar-refractivity contribution in [2.45, 2.75) is 45.1 Å². The number of aldehydes is 1. The van der Waals surface area contributed by atoms with Gasteiger partial charge in [-0.25, -0.2) is 0 Å². The Kier molecular flexibility index (Phi) is 11.7. The minimum atomic E-state index is -0.285. The minimum Gasteiger partial charge on any atom is -0.321 e. The van der Waals surface area contributed by atoms with Gasteiger partial charge in [0.25, 0.3) is 0 Å². The second kappa shape index (κ2) is 11.4. The van der Waals surface area contributed by atoms with Crippen LogP contribution in [0.2, 0.25) is 0 Å². The molecule has 0 spiro atoms. The molecule has 2 nitrogen and oxygen atoms in total. The van der Waals surface area contributed by atoms with Gasteiger partial charge in [0, 0.05) is 11.5 Å². The second-order valence-corrected chi connectivity index (χ2v) is 5.95. The monoisotopic (exact) mass is 235 g/mol. The summed E-state index contributed by atoms with van der Waals surface area (Å²) in [5.74, 6) is 1.92. The Hall–Kier alpha value is 0.330. The zero-order chi connectivity index (χ0) is 10.6. The van der Waals surface area contributed by atoms with Gasteiger partial charge in [-0.15, -0.1) is 0 Å². The minimum absolute atomic E-state index is 0.285. The Balaban J connectivity index is 2.95. The van der Waals surface area contributed by atoms with Crippen LogP contribution in [0.25, 0.3) is 0 Å². The number of carbonyl (C=O) groups excluding carboxylic acids is 1. The lowest BCUT2D eigenvalue weighted by Gasteiger charge is -2.02. The summed E-state index contributed by atoms with van der Waals surface area (Å²) in [6.45, 7) is 2.23. The molecule has 0 aliphatic rings. The van der Waals surface area contributed by atoms with Crippen molar-refractivity contribution in [3.8, 4) is 0 Å². The van der Waals surface area contributed by atoms with Crippen molar-refractivity contribution in [1.82, 2.24) is 0 Å². The molecule has 0 saturated carbocycles. The summed E-state index contributed by atoms with van der Waals surface area (Å²) in [4.78, 5) is 10.2. The third-order valence-corrected chi connectivity index (χ3v) is 4.40. The molecule has 0 saturated heterocycles. The third-order valence-electron chi connectivity index (χ3n) is 1.85. The predicted molar refractivity (Wildman–Crippen MR) is 67.7 cm³/mol. The van der Waals surface area contributed by atoms with Gasteiger partial charge in [0.2, 0.25) is 0 Å². The Morgan fingerprint density at radius 3 is 2.57 bits per heavy atom. The summed E-state index contributed by atoms with van der Waals surface area (Å²) in [6.07, 6.45) is 7.45. The van der Waals surface area contributed by atoms with Crippen LogP contribution in [0.3, 0.4) is 0 Å². The summed E-state index contributed by atoms with van der Waals surface area (Å²) in [7, 11) is 3.54. The van der Waals surface area contributed by atoms with Crippen LogP contribution in [0, 0.1) is 0 Å². The maximum atomic E-state index is 10.2. The number of nitrogens with two attached hydrogens (primary N) is 1. The highest BCUT2D eigenvalue weighted by Crippen LogP contribution is 2.23. The van der Waals surface area contributed by atoms with Crippen LogP contribution >= 0.6 is 21.6 Å². The first kappa shape index (κ1) is 14.3. The van der Waals surface area contributed by atoms with Crippen LogP contribution in [0.15, 0.2) is 0 Å². The Morgan fingerprint density at radius 2 is 1.93 bits per heavy atom. The van der Waals surface area contributed by atoms with Crippen LogP contribution in [0.1, 0.15) is 39.0 Å². The second-order valence-electron chi connectivity index (χ2n) is 3.32. The molecule has 0 heterocycles. The maximum absolute atomic E-state index is 10.2. The van der Waals surface area contributed by atoms with E-state index in [-0.39, 0.29) is 6.04 Å². The molecular formula is C10H21NOS2. The van der Waals surface area contributed by atoms with Gasteiger partial charge in [0.15, 0.2) is 0 Å². The fourth-order valence-electron chi connectivity index (χ4n) is 0.989.